The number of ketones is 2. The lowest BCUT2D eigenvalue weighted by atomic mass is 9.97. The smallest absolute Gasteiger partial charge is 0.449 e. The number of hydrogen-bond acceptors (Lipinski definition) is 8. The molecule has 0 radical (unpaired) electrons. The third-order valence-corrected chi connectivity index (χ3v) is 8.07. The van der Waals surface area contributed by atoms with Gasteiger partial charge in [-0.3, -0.25) is 9.59 Å². The van der Waals surface area contributed by atoms with Crippen LogP contribution >= 0.6 is 0 Å². The predicted octanol–water partition coefficient (Wildman–Crippen LogP) is 7.48. The van der Waals surface area contributed by atoms with E-state index in [9.17, 15) is 19.2 Å². The molecule has 0 spiro atoms. The number of carbonyl (C=O) groups excluding carboxylic acids is 4. The molecule has 1 N–H and O–H groups in total. The molecular formula is C40H41NO8. The van der Waals surface area contributed by atoms with E-state index in [-0.39, 0.29) is 49.3 Å². The Balaban J connectivity index is 1.28. The predicted molar refractivity (Wildman–Crippen MR) is 185 cm³/mol. The average Bonchev–Trinajstić information content (AvgIpc) is 3.39. The zero-order chi connectivity index (χ0) is 35.0. The van der Waals surface area contributed by atoms with Crippen LogP contribution < -0.4 is 10.1 Å². The second kappa shape index (κ2) is 15.7. The lowest BCUT2D eigenvalue weighted by molar-refractivity contribution is -0.120. The quantitative estimate of drug-likeness (QED) is 0.0889. The fourth-order valence-electron chi connectivity index (χ4n) is 5.74. The summed E-state index contributed by atoms with van der Waals surface area (Å²) in [6.07, 6.45) is -1.34. The number of hydrogen-bond donors (Lipinski definition) is 1. The first-order chi connectivity index (χ1) is 23.5. The Hall–Kier alpha value is -5.28. The molecule has 0 heterocycles. The largest absolute Gasteiger partial charge is 0.514 e. The summed E-state index contributed by atoms with van der Waals surface area (Å²) in [5.74, 6) is -0.234. The second-order valence-electron chi connectivity index (χ2n) is 12.8. The van der Waals surface area contributed by atoms with E-state index in [1.807, 2.05) is 43.3 Å². The Morgan fingerprint density at radius 1 is 0.776 bits per heavy atom. The molecule has 0 aromatic heterocycles. The molecule has 9 heteroatoms. The first kappa shape index (κ1) is 35.0. The van der Waals surface area contributed by atoms with Crippen LogP contribution in [-0.4, -0.2) is 55.3 Å². The molecule has 1 aliphatic rings. The van der Waals surface area contributed by atoms with Gasteiger partial charge in [-0.25, -0.2) is 9.59 Å². The number of Topliss-reactive ketones (excluding diaryl/α,β-unsaturated/α-hetero) is 2. The molecule has 1 aliphatic carbocycles. The van der Waals surface area contributed by atoms with Gasteiger partial charge in [-0.05, 0) is 79.6 Å². The molecule has 9 nitrogen and oxygen atoms in total. The minimum Gasteiger partial charge on any atom is -0.449 e. The molecule has 5 rings (SSSR count). The van der Waals surface area contributed by atoms with E-state index in [1.165, 1.54) is 0 Å². The fraction of sp³-hybridized carbons (Fsp3) is 0.300. The van der Waals surface area contributed by atoms with Gasteiger partial charge in [-0.1, -0.05) is 84.9 Å². The van der Waals surface area contributed by atoms with E-state index in [1.54, 1.807) is 69.3 Å². The molecule has 0 saturated carbocycles. The molecule has 254 valence electrons. The molecule has 1 amide bonds. The molecule has 1 atom stereocenters. The first-order valence-electron chi connectivity index (χ1n) is 16.3. The lowest BCUT2D eigenvalue weighted by Gasteiger charge is -2.20. The molecule has 0 saturated heterocycles. The highest BCUT2D eigenvalue weighted by Gasteiger charge is 2.30. The van der Waals surface area contributed by atoms with Crippen molar-refractivity contribution >= 4 is 23.8 Å². The van der Waals surface area contributed by atoms with E-state index < -0.39 is 23.9 Å². The molecule has 0 unspecified atom stereocenters. The van der Waals surface area contributed by atoms with Gasteiger partial charge < -0.3 is 24.3 Å². The number of carbonyl (C=O) groups is 4. The van der Waals surface area contributed by atoms with Gasteiger partial charge in [0.15, 0.2) is 11.6 Å². The van der Waals surface area contributed by atoms with Crippen LogP contribution in [0.4, 0.5) is 9.59 Å². The number of rotatable bonds is 13. The highest BCUT2D eigenvalue weighted by Crippen LogP contribution is 2.44. The van der Waals surface area contributed by atoms with Crippen LogP contribution in [-0.2, 0) is 31.8 Å². The SMILES string of the molecule is CCOCC(=O)c1ccc(CC(=O)[C@H](Cc2ccc(OC(=O)OC(C)(C)C)cc2)NC(=O)OCC2c3ccccc3-c3ccccc32)cc1. The van der Waals surface area contributed by atoms with Gasteiger partial charge in [0.25, 0.3) is 0 Å². The Bertz CT molecular complexity index is 1740. The lowest BCUT2D eigenvalue weighted by Crippen LogP contribution is -2.43. The molecule has 49 heavy (non-hydrogen) atoms. The van der Waals surface area contributed by atoms with Gasteiger partial charge >= 0.3 is 12.2 Å². The highest BCUT2D eigenvalue weighted by atomic mass is 16.7. The van der Waals surface area contributed by atoms with Crippen molar-refractivity contribution in [1.82, 2.24) is 5.32 Å². The molecule has 0 aliphatic heterocycles. The molecule has 4 aromatic carbocycles. The van der Waals surface area contributed by atoms with Crippen molar-refractivity contribution in [1.29, 1.82) is 0 Å². The van der Waals surface area contributed by atoms with E-state index >= 15 is 0 Å². The van der Waals surface area contributed by atoms with Crippen LogP contribution in [0.1, 0.15) is 66.2 Å². The molecule has 4 aromatic rings. The minimum atomic E-state index is -0.924. The van der Waals surface area contributed by atoms with E-state index in [0.29, 0.717) is 17.7 Å². The third kappa shape index (κ3) is 9.42. The topological polar surface area (TPSA) is 117 Å². The monoisotopic (exact) mass is 663 g/mol. The Morgan fingerprint density at radius 3 is 1.96 bits per heavy atom. The maximum atomic E-state index is 13.7. The van der Waals surface area contributed by atoms with Gasteiger partial charge in [0.05, 0.1) is 6.04 Å². The Morgan fingerprint density at radius 2 is 1.37 bits per heavy atom. The molecule has 0 fully saturated rings. The van der Waals surface area contributed by atoms with Crippen molar-refractivity contribution in [3.8, 4) is 16.9 Å². The van der Waals surface area contributed by atoms with E-state index in [0.717, 1.165) is 27.8 Å². The van der Waals surface area contributed by atoms with Crippen molar-refractivity contribution in [3.05, 3.63) is 125 Å². The maximum absolute atomic E-state index is 13.7. The van der Waals surface area contributed by atoms with Crippen molar-refractivity contribution in [3.63, 3.8) is 0 Å². The summed E-state index contributed by atoms with van der Waals surface area (Å²) in [7, 11) is 0. The van der Waals surface area contributed by atoms with Crippen LogP contribution in [0.2, 0.25) is 0 Å². The summed E-state index contributed by atoms with van der Waals surface area (Å²) < 4.78 is 21.5. The van der Waals surface area contributed by atoms with E-state index in [4.69, 9.17) is 18.9 Å². The molecule has 0 bridgehead atoms. The van der Waals surface area contributed by atoms with Crippen LogP contribution in [0, 0.1) is 0 Å². The normalized spacial score (nSPS) is 12.7. The van der Waals surface area contributed by atoms with Gasteiger partial charge in [0, 0.05) is 24.5 Å². The van der Waals surface area contributed by atoms with Crippen LogP contribution in [0.3, 0.4) is 0 Å². The van der Waals surface area contributed by atoms with Crippen molar-refractivity contribution in [2.75, 3.05) is 19.8 Å². The van der Waals surface area contributed by atoms with E-state index in [2.05, 4.69) is 17.4 Å². The number of fused-ring (bicyclic) bond motifs is 3. The Kier molecular flexibility index (Phi) is 11.3. The van der Waals surface area contributed by atoms with Gasteiger partial charge in [0.2, 0.25) is 0 Å². The number of nitrogens with one attached hydrogen (secondary N) is 1. The average molecular weight is 664 g/mol. The van der Waals surface area contributed by atoms with Crippen molar-refractivity contribution < 1.29 is 38.1 Å². The van der Waals surface area contributed by atoms with Gasteiger partial charge in [-0.2, -0.15) is 0 Å². The minimum absolute atomic E-state index is 0.0114. The summed E-state index contributed by atoms with van der Waals surface area (Å²) in [6.45, 7) is 7.59. The number of amides is 1. The number of benzene rings is 4. The van der Waals surface area contributed by atoms with Gasteiger partial charge in [0.1, 0.15) is 24.6 Å². The maximum Gasteiger partial charge on any atom is 0.514 e. The summed E-state index contributed by atoms with van der Waals surface area (Å²) in [4.78, 5) is 51.4. The van der Waals surface area contributed by atoms with Crippen LogP contribution in [0.15, 0.2) is 97.1 Å². The number of alkyl carbamates (subject to hydrolysis) is 1. The zero-order valence-corrected chi connectivity index (χ0v) is 28.2. The standard InChI is InChI=1S/C40H41NO8/c1-5-46-25-37(43)28-18-14-27(15-19-28)23-36(42)35(22-26-16-20-29(21-17-26)48-39(45)49-40(2,3)4)41-38(44)47-24-34-32-12-8-6-10-30(32)31-11-7-9-13-33(31)34/h6-21,34-35H,5,22-25H2,1-4H3,(H,41,44)/t35-/m0/s1. The second-order valence-corrected chi connectivity index (χ2v) is 12.8. The number of ether oxygens (including phenoxy) is 4. The summed E-state index contributed by atoms with van der Waals surface area (Å²) >= 11 is 0. The fourth-order valence-corrected chi connectivity index (χ4v) is 5.74. The third-order valence-electron chi connectivity index (χ3n) is 8.07. The van der Waals surface area contributed by atoms with Crippen LogP contribution in [0.25, 0.3) is 11.1 Å². The summed E-state index contributed by atoms with van der Waals surface area (Å²) in [5, 5.41) is 2.80. The van der Waals surface area contributed by atoms with Gasteiger partial charge in [-0.15, -0.1) is 0 Å². The summed E-state index contributed by atoms with van der Waals surface area (Å²) in [6, 6.07) is 28.6. The first-order valence-corrected chi connectivity index (χ1v) is 16.3. The van der Waals surface area contributed by atoms with Crippen LogP contribution in [0.5, 0.6) is 5.75 Å². The summed E-state index contributed by atoms with van der Waals surface area (Å²) in [5.41, 5.74) is 5.61. The highest BCUT2D eigenvalue weighted by molar-refractivity contribution is 5.97. The van der Waals surface area contributed by atoms with Crippen molar-refractivity contribution in [2.45, 2.75) is 58.1 Å². The van der Waals surface area contributed by atoms with Crippen molar-refractivity contribution in [2.24, 2.45) is 0 Å². The molecular weight excluding hydrogens is 622 g/mol. The Labute approximate surface area is 286 Å². The zero-order valence-electron chi connectivity index (χ0n) is 28.2.